The zero-order valence-corrected chi connectivity index (χ0v) is 9.92. The van der Waals surface area contributed by atoms with Gasteiger partial charge in [0, 0.05) is 0 Å². The Morgan fingerprint density at radius 2 is 1.76 bits per heavy atom. The number of amides is 1. The molecule has 17 heavy (non-hydrogen) atoms. The number of hydrogen-bond acceptors (Lipinski definition) is 4. The van der Waals surface area contributed by atoms with E-state index in [0.29, 0.717) is 18.8 Å². The molecule has 5 nitrogen and oxygen atoms in total. The first-order valence-corrected chi connectivity index (χ1v) is 5.39. The Morgan fingerprint density at radius 1 is 1.24 bits per heavy atom. The van der Waals surface area contributed by atoms with Crippen LogP contribution in [0.2, 0.25) is 0 Å². The van der Waals surface area contributed by atoms with E-state index < -0.39 is 0 Å². The average Bonchev–Trinajstić information content (AvgIpc) is 2.28. The van der Waals surface area contributed by atoms with E-state index in [-0.39, 0.29) is 5.91 Å². The van der Waals surface area contributed by atoms with E-state index in [4.69, 9.17) is 5.73 Å². The Labute approximate surface area is 102 Å². The Morgan fingerprint density at radius 3 is 2.24 bits per heavy atom. The molecule has 6 heteroatoms. The van der Waals surface area contributed by atoms with Gasteiger partial charge in [0.25, 0.3) is 0 Å². The fraction of sp³-hybridized carbons (Fsp3) is 0.273. The molecule has 1 aromatic rings. The Balaban J connectivity index is 2.50. The van der Waals surface area contributed by atoms with Gasteiger partial charge in [-0.3, -0.25) is 0 Å². The van der Waals surface area contributed by atoms with Gasteiger partial charge in [0.15, 0.2) is 0 Å². The molecule has 0 atom stereocenters. The number of nitrogens with one attached hydrogen (secondary N) is 3. The zero-order valence-electron chi connectivity index (χ0n) is 9.92. The third-order valence-electron chi connectivity index (χ3n) is 1.98. The fourth-order valence-electron chi connectivity index (χ4n) is 1.28. The molecule has 0 heterocycles. The van der Waals surface area contributed by atoms with Gasteiger partial charge >= 0.3 is 101 Å². The van der Waals surface area contributed by atoms with Gasteiger partial charge in [0.1, 0.15) is 0 Å². The van der Waals surface area contributed by atoms with Crippen LogP contribution in [0.3, 0.4) is 0 Å². The van der Waals surface area contributed by atoms with E-state index in [1.807, 2.05) is 24.3 Å². The summed E-state index contributed by atoms with van der Waals surface area (Å²) in [6.07, 6.45) is 0. The molecule has 0 fully saturated rings. The Bertz CT molecular complexity index is 391. The summed E-state index contributed by atoms with van der Waals surface area (Å²) in [6.45, 7) is 2.71. The summed E-state index contributed by atoms with van der Waals surface area (Å²) in [5.41, 5.74) is 7.73. The van der Waals surface area contributed by atoms with Crippen molar-refractivity contribution in [2.24, 2.45) is 5.73 Å². The van der Waals surface area contributed by atoms with Gasteiger partial charge in [-0.05, 0) is 0 Å². The number of rotatable bonds is 6. The van der Waals surface area contributed by atoms with Crippen molar-refractivity contribution in [3.63, 3.8) is 0 Å². The Hall–Kier alpha value is -1.82. The number of nitrogens with two attached hydrogens (primary N) is 1. The topological polar surface area (TPSA) is 79.2 Å². The zero-order chi connectivity index (χ0) is 12.7. The van der Waals surface area contributed by atoms with Gasteiger partial charge < -0.3 is 0 Å². The van der Waals surface area contributed by atoms with Crippen LogP contribution >= 0.6 is 0 Å². The summed E-state index contributed by atoms with van der Waals surface area (Å²) in [5, 5.41) is 8.81. The summed E-state index contributed by atoms with van der Waals surface area (Å²) in [7, 11) is 3.81. The second-order valence-electron chi connectivity index (χ2n) is 3.58. The first-order chi connectivity index (χ1) is 8.11. The van der Waals surface area contributed by atoms with Crippen LogP contribution in [0.25, 0.3) is 0 Å². The summed E-state index contributed by atoms with van der Waals surface area (Å²) >= 11 is 0. The van der Waals surface area contributed by atoms with Crippen molar-refractivity contribution in [3.05, 3.63) is 24.3 Å². The SMILES string of the molecule is B=C(NCCN)Nc1ccc(NC(C)=O)cc1. The molecule has 0 aromatic heterocycles. The normalized spacial score (nSPS) is 9.47. The van der Waals surface area contributed by atoms with Crippen molar-refractivity contribution in [2.45, 2.75) is 6.92 Å². The van der Waals surface area contributed by atoms with E-state index in [1.165, 1.54) is 6.92 Å². The van der Waals surface area contributed by atoms with E-state index in [1.54, 1.807) is 0 Å². The van der Waals surface area contributed by atoms with E-state index in [9.17, 15) is 4.79 Å². The Kier molecular flexibility index (Phi) is 5.22. The molecular formula is C11H17BN4O. The van der Waals surface area contributed by atoms with Crippen LogP contribution in [0, 0.1) is 0 Å². The van der Waals surface area contributed by atoms with Gasteiger partial charge in [-0.25, -0.2) is 0 Å². The molecule has 0 radical (unpaired) electrons. The number of hydrogen-bond donors (Lipinski definition) is 4. The third-order valence-corrected chi connectivity index (χ3v) is 1.98. The molecule has 90 valence electrons. The molecule has 5 N–H and O–H groups in total. The van der Waals surface area contributed by atoms with Crippen LogP contribution in [-0.4, -0.2) is 32.2 Å². The molecule has 0 aliphatic carbocycles. The standard InChI is InChI=1S/C11H17BN4O/c1-8(17)15-9-2-4-10(5-3-9)16-11(12)14-7-6-13/h2-5,12,14,16H,6-7,13H2,1H3,(H,15,17). The molecule has 0 spiro atoms. The summed E-state index contributed by atoms with van der Waals surface area (Å²) in [4.78, 5) is 10.8. The van der Waals surface area contributed by atoms with Gasteiger partial charge in [0.05, 0.1) is 0 Å². The van der Waals surface area contributed by atoms with Gasteiger partial charge in [-0.1, -0.05) is 0 Å². The second kappa shape index (κ2) is 6.70. The molecular weight excluding hydrogens is 215 g/mol. The first-order valence-electron chi connectivity index (χ1n) is 5.39. The summed E-state index contributed by atoms with van der Waals surface area (Å²) < 4.78 is 0. The fourth-order valence-corrected chi connectivity index (χ4v) is 1.28. The second-order valence-corrected chi connectivity index (χ2v) is 3.58. The number of carbonyl (C=O) groups is 1. The molecule has 1 amide bonds. The van der Waals surface area contributed by atoms with Crippen LogP contribution in [0.5, 0.6) is 0 Å². The van der Waals surface area contributed by atoms with E-state index in [2.05, 4.69) is 23.4 Å². The van der Waals surface area contributed by atoms with Crippen molar-refractivity contribution in [1.82, 2.24) is 5.32 Å². The van der Waals surface area contributed by atoms with Crippen molar-refractivity contribution < 1.29 is 4.79 Å². The number of carbonyl (C=O) groups excluding carboxylic acids is 1. The van der Waals surface area contributed by atoms with Crippen LogP contribution in [0.4, 0.5) is 11.4 Å². The van der Waals surface area contributed by atoms with E-state index in [0.717, 1.165) is 11.4 Å². The third kappa shape index (κ3) is 5.17. The molecule has 1 rings (SSSR count). The van der Waals surface area contributed by atoms with Gasteiger partial charge in [0.2, 0.25) is 0 Å². The summed E-state index contributed by atoms with van der Waals surface area (Å²) in [5.74, 6) is -0.0836. The molecule has 1 aromatic carbocycles. The molecule has 0 bridgehead atoms. The van der Waals surface area contributed by atoms with Crippen molar-refractivity contribution in [2.75, 3.05) is 23.7 Å². The first kappa shape index (κ1) is 13.3. The van der Waals surface area contributed by atoms with Crippen LogP contribution < -0.4 is 21.7 Å². The van der Waals surface area contributed by atoms with Crippen molar-refractivity contribution in [3.8, 4) is 0 Å². The monoisotopic (exact) mass is 232 g/mol. The number of anilines is 2. The van der Waals surface area contributed by atoms with Crippen molar-refractivity contribution in [1.29, 1.82) is 0 Å². The molecule has 0 aliphatic heterocycles. The minimum atomic E-state index is -0.0836. The maximum atomic E-state index is 10.8. The molecule has 0 unspecified atom stereocenters. The van der Waals surface area contributed by atoms with Crippen molar-refractivity contribution >= 4 is 30.5 Å². The predicted molar refractivity (Wildman–Crippen MR) is 73.6 cm³/mol. The molecule has 0 aliphatic rings. The average molecular weight is 232 g/mol. The van der Waals surface area contributed by atoms with Gasteiger partial charge in [-0.15, -0.1) is 0 Å². The quantitative estimate of drug-likeness (QED) is 0.503. The maximum absolute atomic E-state index is 10.8. The molecule has 0 saturated carbocycles. The van der Waals surface area contributed by atoms with Crippen LogP contribution in [0.1, 0.15) is 6.92 Å². The van der Waals surface area contributed by atoms with Gasteiger partial charge in [-0.2, -0.15) is 0 Å². The van der Waals surface area contributed by atoms with Crippen LogP contribution in [0.15, 0.2) is 24.3 Å². The minimum absolute atomic E-state index is 0.0836. The molecule has 0 saturated heterocycles. The predicted octanol–water partition coefficient (Wildman–Crippen LogP) is -0.407. The van der Waals surface area contributed by atoms with Crippen LogP contribution in [-0.2, 0) is 4.79 Å². The summed E-state index contributed by atoms with van der Waals surface area (Å²) in [6, 6.07) is 7.36. The van der Waals surface area contributed by atoms with E-state index >= 15 is 0 Å². The number of benzene rings is 1.